The van der Waals surface area contributed by atoms with Crippen molar-refractivity contribution in [1.29, 1.82) is 0 Å². The van der Waals surface area contributed by atoms with Crippen molar-refractivity contribution in [3.63, 3.8) is 0 Å². The summed E-state index contributed by atoms with van der Waals surface area (Å²) in [6, 6.07) is 10.1. The van der Waals surface area contributed by atoms with Gasteiger partial charge < -0.3 is 10.1 Å². The van der Waals surface area contributed by atoms with Gasteiger partial charge in [-0.15, -0.1) is 0 Å². The molecule has 2 aromatic rings. The molecule has 24 heavy (non-hydrogen) atoms. The highest BCUT2D eigenvalue weighted by Crippen LogP contribution is 2.26. The SMILES string of the molecule is COc1ccc(CC(=O)NC[C@H](c2ccsc2)N2CCCC2)cc1. The van der Waals surface area contributed by atoms with E-state index in [0.717, 1.165) is 24.4 Å². The lowest BCUT2D eigenvalue weighted by Gasteiger charge is -2.27. The first-order chi connectivity index (χ1) is 11.8. The molecule has 0 saturated carbocycles. The minimum Gasteiger partial charge on any atom is -0.497 e. The predicted octanol–water partition coefficient (Wildman–Crippen LogP) is 3.25. The zero-order chi connectivity index (χ0) is 16.8. The molecule has 1 aromatic carbocycles. The molecule has 2 heterocycles. The summed E-state index contributed by atoms with van der Waals surface area (Å²) in [7, 11) is 1.64. The van der Waals surface area contributed by atoms with Crippen molar-refractivity contribution < 1.29 is 9.53 Å². The van der Waals surface area contributed by atoms with Gasteiger partial charge in [0.15, 0.2) is 0 Å². The van der Waals surface area contributed by atoms with Gasteiger partial charge in [-0.05, 0) is 66.0 Å². The molecule has 3 rings (SSSR count). The first-order valence-corrected chi connectivity index (χ1v) is 9.36. The van der Waals surface area contributed by atoms with E-state index in [1.165, 1.54) is 18.4 Å². The quantitative estimate of drug-likeness (QED) is 0.838. The van der Waals surface area contributed by atoms with E-state index in [2.05, 4.69) is 27.0 Å². The summed E-state index contributed by atoms with van der Waals surface area (Å²) in [5.74, 6) is 0.880. The zero-order valence-corrected chi connectivity index (χ0v) is 14.8. The number of nitrogens with zero attached hydrogens (tertiary/aromatic N) is 1. The Morgan fingerprint density at radius 1 is 1.25 bits per heavy atom. The van der Waals surface area contributed by atoms with E-state index in [0.29, 0.717) is 19.0 Å². The Morgan fingerprint density at radius 3 is 2.62 bits per heavy atom. The number of amides is 1. The van der Waals surface area contributed by atoms with Crippen LogP contribution in [0, 0.1) is 0 Å². The summed E-state index contributed by atoms with van der Waals surface area (Å²) in [6.07, 6.45) is 2.90. The average Bonchev–Trinajstić information content (AvgIpc) is 3.30. The molecule has 0 unspecified atom stereocenters. The molecule has 1 amide bonds. The van der Waals surface area contributed by atoms with Crippen LogP contribution in [0.4, 0.5) is 0 Å². The average molecular weight is 344 g/mol. The van der Waals surface area contributed by atoms with Gasteiger partial charge in [0.25, 0.3) is 0 Å². The van der Waals surface area contributed by atoms with Gasteiger partial charge in [0, 0.05) is 6.54 Å². The molecule has 1 N–H and O–H groups in total. The highest BCUT2D eigenvalue weighted by molar-refractivity contribution is 7.07. The van der Waals surface area contributed by atoms with Crippen LogP contribution in [-0.4, -0.2) is 37.6 Å². The first kappa shape index (κ1) is 17.0. The van der Waals surface area contributed by atoms with Gasteiger partial charge >= 0.3 is 0 Å². The van der Waals surface area contributed by atoms with Crippen molar-refractivity contribution >= 4 is 17.2 Å². The summed E-state index contributed by atoms with van der Waals surface area (Å²) in [6.45, 7) is 2.91. The van der Waals surface area contributed by atoms with Crippen molar-refractivity contribution in [2.45, 2.75) is 25.3 Å². The fourth-order valence-corrected chi connectivity index (χ4v) is 3.88. The van der Waals surface area contributed by atoms with E-state index in [9.17, 15) is 4.79 Å². The van der Waals surface area contributed by atoms with E-state index in [1.54, 1.807) is 18.4 Å². The maximum Gasteiger partial charge on any atom is 0.224 e. The molecule has 128 valence electrons. The minimum absolute atomic E-state index is 0.0691. The second-order valence-corrected chi connectivity index (χ2v) is 6.92. The maximum absolute atomic E-state index is 12.3. The number of hydrogen-bond donors (Lipinski definition) is 1. The van der Waals surface area contributed by atoms with Crippen LogP contribution in [0.5, 0.6) is 5.75 Å². The summed E-state index contributed by atoms with van der Waals surface area (Å²) in [5.41, 5.74) is 2.31. The smallest absolute Gasteiger partial charge is 0.224 e. The number of rotatable bonds is 7. The van der Waals surface area contributed by atoms with Crippen LogP contribution in [-0.2, 0) is 11.2 Å². The predicted molar refractivity (Wildman–Crippen MR) is 97.6 cm³/mol. The standard InChI is InChI=1S/C19H24N2O2S/c1-23-17-6-4-15(5-7-17)12-19(22)20-13-18(16-8-11-24-14-16)21-9-2-3-10-21/h4-8,11,14,18H,2-3,9-10,12-13H2,1H3,(H,20,22)/t18-/m1/s1. The highest BCUT2D eigenvalue weighted by Gasteiger charge is 2.24. The summed E-state index contributed by atoms with van der Waals surface area (Å²) in [5, 5.41) is 7.42. The van der Waals surface area contributed by atoms with E-state index < -0.39 is 0 Å². The second kappa shape index (κ2) is 8.31. The molecule has 0 bridgehead atoms. The van der Waals surface area contributed by atoms with Crippen LogP contribution >= 0.6 is 11.3 Å². The minimum atomic E-state index is 0.0691. The van der Waals surface area contributed by atoms with Crippen LogP contribution in [0.1, 0.15) is 30.0 Å². The number of likely N-dealkylation sites (tertiary alicyclic amines) is 1. The third kappa shape index (κ3) is 4.36. The fraction of sp³-hybridized carbons (Fsp3) is 0.421. The van der Waals surface area contributed by atoms with Crippen molar-refractivity contribution in [2.24, 2.45) is 0 Å². The van der Waals surface area contributed by atoms with E-state index in [-0.39, 0.29) is 5.91 Å². The number of thiophene rings is 1. The van der Waals surface area contributed by atoms with Crippen LogP contribution in [0.2, 0.25) is 0 Å². The van der Waals surface area contributed by atoms with Gasteiger partial charge in [0.1, 0.15) is 5.75 Å². The fourth-order valence-electron chi connectivity index (χ4n) is 3.18. The van der Waals surface area contributed by atoms with Crippen molar-refractivity contribution in [3.8, 4) is 5.75 Å². The van der Waals surface area contributed by atoms with Gasteiger partial charge in [-0.25, -0.2) is 0 Å². The molecule has 1 fully saturated rings. The Kier molecular flexibility index (Phi) is 5.88. The molecule has 4 nitrogen and oxygen atoms in total. The topological polar surface area (TPSA) is 41.6 Å². The lowest BCUT2D eigenvalue weighted by molar-refractivity contribution is -0.120. The van der Waals surface area contributed by atoms with Gasteiger partial charge in [-0.2, -0.15) is 11.3 Å². The van der Waals surface area contributed by atoms with Crippen LogP contribution in [0.3, 0.4) is 0 Å². The monoisotopic (exact) mass is 344 g/mol. The van der Waals surface area contributed by atoms with E-state index in [4.69, 9.17) is 4.74 Å². The third-order valence-corrected chi connectivity index (χ3v) is 5.23. The van der Waals surface area contributed by atoms with Crippen LogP contribution < -0.4 is 10.1 Å². The molecule has 1 aliphatic heterocycles. The Balaban J connectivity index is 1.56. The number of hydrogen-bond acceptors (Lipinski definition) is 4. The molecule has 1 aliphatic rings. The molecule has 0 radical (unpaired) electrons. The Hall–Kier alpha value is -1.85. The second-order valence-electron chi connectivity index (χ2n) is 6.14. The molecule has 1 aromatic heterocycles. The van der Waals surface area contributed by atoms with Crippen LogP contribution in [0.15, 0.2) is 41.1 Å². The Labute approximate surface area is 147 Å². The third-order valence-electron chi connectivity index (χ3n) is 4.53. The molecule has 0 spiro atoms. The van der Waals surface area contributed by atoms with E-state index in [1.807, 2.05) is 24.3 Å². The number of ether oxygens (including phenoxy) is 1. The zero-order valence-electron chi connectivity index (χ0n) is 14.0. The molecular weight excluding hydrogens is 320 g/mol. The summed E-state index contributed by atoms with van der Waals surface area (Å²) < 4.78 is 5.15. The van der Waals surface area contributed by atoms with Gasteiger partial charge in [-0.1, -0.05) is 12.1 Å². The Bertz CT molecular complexity index is 634. The van der Waals surface area contributed by atoms with Crippen molar-refractivity contribution in [3.05, 3.63) is 52.2 Å². The lowest BCUT2D eigenvalue weighted by atomic mass is 10.1. The summed E-state index contributed by atoms with van der Waals surface area (Å²) in [4.78, 5) is 14.8. The molecule has 1 saturated heterocycles. The first-order valence-electron chi connectivity index (χ1n) is 8.42. The van der Waals surface area contributed by atoms with Gasteiger partial charge in [0.2, 0.25) is 5.91 Å². The number of benzene rings is 1. The maximum atomic E-state index is 12.3. The molecule has 1 atom stereocenters. The Morgan fingerprint density at radius 2 is 2.00 bits per heavy atom. The highest BCUT2D eigenvalue weighted by atomic mass is 32.1. The number of nitrogens with one attached hydrogen (secondary N) is 1. The molecular formula is C19H24N2O2S. The molecule has 0 aliphatic carbocycles. The van der Waals surface area contributed by atoms with Crippen LogP contribution in [0.25, 0.3) is 0 Å². The summed E-state index contributed by atoms with van der Waals surface area (Å²) >= 11 is 1.72. The normalized spacial score (nSPS) is 16.0. The van der Waals surface area contributed by atoms with Crippen molar-refractivity contribution in [2.75, 3.05) is 26.7 Å². The van der Waals surface area contributed by atoms with E-state index >= 15 is 0 Å². The number of carbonyl (C=O) groups excluding carboxylic acids is 1. The van der Waals surface area contributed by atoms with Gasteiger partial charge in [-0.3, -0.25) is 9.69 Å². The van der Waals surface area contributed by atoms with Gasteiger partial charge in [0.05, 0.1) is 19.6 Å². The number of methoxy groups -OCH3 is 1. The lowest BCUT2D eigenvalue weighted by Crippen LogP contribution is -2.37. The molecule has 5 heteroatoms. The van der Waals surface area contributed by atoms with Crippen molar-refractivity contribution in [1.82, 2.24) is 10.2 Å². The largest absolute Gasteiger partial charge is 0.497 e. The number of carbonyl (C=O) groups is 1.